The van der Waals surface area contributed by atoms with E-state index in [1.165, 1.54) is 51.9 Å². The SMILES string of the molecule is CC(C)(C)O[C@H]1C[C@H](N2CCC3(CC2)CNC3)C1. The van der Waals surface area contributed by atoms with Gasteiger partial charge in [0.25, 0.3) is 0 Å². The highest BCUT2D eigenvalue weighted by atomic mass is 16.5. The van der Waals surface area contributed by atoms with Gasteiger partial charge in [-0.15, -0.1) is 0 Å². The van der Waals surface area contributed by atoms with E-state index in [2.05, 4.69) is 31.0 Å². The molecule has 2 saturated heterocycles. The van der Waals surface area contributed by atoms with E-state index < -0.39 is 0 Å². The first-order valence-corrected chi connectivity index (χ1v) is 7.58. The molecule has 2 heterocycles. The van der Waals surface area contributed by atoms with Crippen LogP contribution in [0.4, 0.5) is 0 Å². The van der Waals surface area contributed by atoms with Crippen molar-refractivity contribution in [2.75, 3.05) is 26.2 Å². The summed E-state index contributed by atoms with van der Waals surface area (Å²) in [6.45, 7) is 11.6. The lowest BCUT2D eigenvalue weighted by Crippen LogP contribution is -2.61. The molecule has 3 rings (SSSR count). The zero-order valence-corrected chi connectivity index (χ0v) is 12.2. The van der Waals surface area contributed by atoms with Crippen molar-refractivity contribution in [2.24, 2.45) is 5.41 Å². The Morgan fingerprint density at radius 3 is 2.17 bits per heavy atom. The van der Waals surface area contributed by atoms with Crippen molar-refractivity contribution in [3.8, 4) is 0 Å². The molecule has 0 aromatic rings. The Balaban J connectivity index is 1.40. The summed E-state index contributed by atoms with van der Waals surface area (Å²) in [5.41, 5.74) is 0.709. The second-order valence-corrected chi connectivity index (χ2v) is 7.62. The average Bonchev–Trinajstić information content (AvgIpc) is 2.20. The number of nitrogens with one attached hydrogen (secondary N) is 1. The first kappa shape index (κ1) is 12.9. The third kappa shape index (κ3) is 2.59. The van der Waals surface area contributed by atoms with Gasteiger partial charge in [0.05, 0.1) is 11.7 Å². The molecular formula is C15H28N2O. The Hall–Kier alpha value is -0.120. The normalized spacial score (nSPS) is 36.2. The summed E-state index contributed by atoms with van der Waals surface area (Å²) in [5.74, 6) is 0. The lowest BCUT2D eigenvalue weighted by atomic mass is 9.72. The van der Waals surface area contributed by atoms with Gasteiger partial charge in [0.15, 0.2) is 0 Å². The topological polar surface area (TPSA) is 24.5 Å². The van der Waals surface area contributed by atoms with Crippen LogP contribution in [0.25, 0.3) is 0 Å². The predicted octanol–water partition coefficient (Wildman–Crippen LogP) is 2.02. The van der Waals surface area contributed by atoms with Gasteiger partial charge in [0, 0.05) is 19.1 Å². The van der Waals surface area contributed by atoms with E-state index in [1.54, 1.807) is 0 Å². The van der Waals surface area contributed by atoms with Crippen LogP contribution >= 0.6 is 0 Å². The van der Waals surface area contributed by atoms with Gasteiger partial charge in [-0.2, -0.15) is 0 Å². The van der Waals surface area contributed by atoms with Crippen LogP contribution < -0.4 is 5.32 Å². The maximum atomic E-state index is 6.03. The van der Waals surface area contributed by atoms with E-state index in [-0.39, 0.29) is 5.60 Å². The third-order valence-corrected chi connectivity index (χ3v) is 4.97. The molecule has 1 N–H and O–H groups in total. The molecule has 0 radical (unpaired) electrons. The van der Waals surface area contributed by atoms with Crippen molar-refractivity contribution in [1.29, 1.82) is 0 Å². The molecule has 18 heavy (non-hydrogen) atoms. The van der Waals surface area contributed by atoms with Gasteiger partial charge in [-0.05, 0) is 65.0 Å². The van der Waals surface area contributed by atoms with Crippen LogP contribution in [0.1, 0.15) is 46.5 Å². The summed E-state index contributed by atoms with van der Waals surface area (Å²) >= 11 is 0. The van der Waals surface area contributed by atoms with E-state index in [1.807, 2.05) is 0 Å². The van der Waals surface area contributed by atoms with Crippen LogP contribution in [0, 0.1) is 5.41 Å². The van der Waals surface area contributed by atoms with Gasteiger partial charge in [0.2, 0.25) is 0 Å². The molecule has 3 nitrogen and oxygen atoms in total. The average molecular weight is 252 g/mol. The summed E-state index contributed by atoms with van der Waals surface area (Å²) < 4.78 is 6.03. The third-order valence-electron chi connectivity index (χ3n) is 4.97. The van der Waals surface area contributed by atoms with E-state index >= 15 is 0 Å². The summed E-state index contributed by atoms with van der Waals surface area (Å²) in [6.07, 6.45) is 5.82. The molecule has 1 aliphatic carbocycles. The van der Waals surface area contributed by atoms with Crippen LogP contribution in [-0.4, -0.2) is 48.8 Å². The fourth-order valence-corrected chi connectivity index (χ4v) is 3.63. The highest BCUT2D eigenvalue weighted by molar-refractivity contribution is 4.99. The van der Waals surface area contributed by atoms with Gasteiger partial charge in [-0.3, -0.25) is 0 Å². The molecule has 1 saturated carbocycles. The molecule has 2 aliphatic heterocycles. The Labute approximate surface area is 111 Å². The molecule has 1 spiro atoms. The number of nitrogens with zero attached hydrogens (tertiary/aromatic N) is 1. The standard InChI is InChI=1S/C15H28N2O/c1-14(2,3)18-13-8-12(9-13)17-6-4-15(5-7-17)10-16-11-15/h12-13,16H,4-11H2,1-3H3/t12-,13-. The Kier molecular flexibility index (Phi) is 3.20. The number of hydrogen-bond donors (Lipinski definition) is 1. The van der Waals surface area contributed by atoms with Gasteiger partial charge >= 0.3 is 0 Å². The monoisotopic (exact) mass is 252 g/mol. The first-order chi connectivity index (χ1) is 8.46. The van der Waals surface area contributed by atoms with Crippen LogP contribution in [0.15, 0.2) is 0 Å². The molecule has 0 aromatic carbocycles. The van der Waals surface area contributed by atoms with E-state index in [0.29, 0.717) is 11.5 Å². The van der Waals surface area contributed by atoms with Gasteiger partial charge in [-0.25, -0.2) is 0 Å². The second kappa shape index (κ2) is 4.46. The number of hydrogen-bond acceptors (Lipinski definition) is 3. The van der Waals surface area contributed by atoms with Crippen LogP contribution in [0.3, 0.4) is 0 Å². The molecule has 0 unspecified atom stereocenters. The summed E-state index contributed by atoms with van der Waals surface area (Å²) in [7, 11) is 0. The largest absolute Gasteiger partial charge is 0.373 e. The Morgan fingerprint density at radius 1 is 1.11 bits per heavy atom. The van der Waals surface area contributed by atoms with Crippen LogP contribution in [0.2, 0.25) is 0 Å². The van der Waals surface area contributed by atoms with Crippen molar-refractivity contribution >= 4 is 0 Å². The number of ether oxygens (including phenoxy) is 1. The Morgan fingerprint density at radius 2 is 1.72 bits per heavy atom. The van der Waals surface area contributed by atoms with Crippen molar-refractivity contribution < 1.29 is 4.74 Å². The highest BCUT2D eigenvalue weighted by Crippen LogP contribution is 2.39. The van der Waals surface area contributed by atoms with E-state index in [4.69, 9.17) is 4.74 Å². The molecule has 0 amide bonds. The van der Waals surface area contributed by atoms with Gasteiger partial charge in [0.1, 0.15) is 0 Å². The molecule has 0 atom stereocenters. The lowest BCUT2D eigenvalue weighted by molar-refractivity contribution is -0.126. The highest BCUT2D eigenvalue weighted by Gasteiger charge is 2.43. The fraction of sp³-hybridized carbons (Fsp3) is 1.00. The lowest BCUT2D eigenvalue weighted by Gasteiger charge is -2.52. The smallest absolute Gasteiger partial charge is 0.0612 e. The van der Waals surface area contributed by atoms with Crippen molar-refractivity contribution in [3.63, 3.8) is 0 Å². The van der Waals surface area contributed by atoms with E-state index in [0.717, 1.165) is 6.04 Å². The molecule has 3 heteroatoms. The number of piperidine rings is 1. The molecule has 0 aromatic heterocycles. The van der Waals surface area contributed by atoms with Gasteiger partial charge in [-0.1, -0.05) is 0 Å². The van der Waals surface area contributed by atoms with Crippen molar-refractivity contribution in [3.05, 3.63) is 0 Å². The molecule has 3 aliphatic rings. The Bertz CT molecular complexity index is 290. The predicted molar refractivity (Wildman–Crippen MR) is 73.8 cm³/mol. The summed E-state index contributed by atoms with van der Waals surface area (Å²) in [6, 6.07) is 0.808. The minimum Gasteiger partial charge on any atom is -0.373 e. The van der Waals surface area contributed by atoms with Crippen LogP contribution in [-0.2, 0) is 4.74 Å². The van der Waals surface area contributed by atoms with Crippen molar-refractivity contribution in [1.82, 2.24) is 10.2 Å². The van der Waals surface area contributed by atoms with Gasteiger partial charge < -0.3 is 15.0 Å². The fourth-order valence-electron chi connectivity index (χ4n) is 3.63. The molecular weight excluding hydrogens is 224 g/mol. The molecule has 0 bridgehead atoms. The molecule has 104 valence electrons. The zero-order valence-electron chi connectivity index (χ0n) is 12.2. The van der Waals surface area contributed by atoms with Crippen LogP contribution in [0.5, 0.6) is 0 Å². The maximum Gasteiger partial charge on any atom is 0.0612 e. The minimum atomic E-state index is 0.0270. The minimum absolute atomic E-state index is 0.0270. The van der Waals surface area contributed by atoms with Crippen molar-refractivity contribution in [2.45, 2.75) is 64.2 Å². The molecule has 3 fully saturated rings. The zero-order chi connectivity index (χ0) is 12.8. The number of rotatable bonds is 2. The first-order valence-electron chi connectivity index (χ1n) is 7.58. The second-order valence-electron chi connectivity index (χ2n) is 7.62. The number of likely N-dealkylation sites (tertiary alicyclic amines) is 1. The maximum absolute atomic E-state index is 6.03. The summed E-state index contributed by atoms with van der Waals surface area (Å²) in [5, 5.41) is 3.44. The summed E-state index contributed by atoms with van der Waals surface area (Å²) in [4.78, 5) is 2.71. The van der Waals surface area contributed by atoms with E-state index in [9.17, 15) is 0 Å². The quantitative estimate of drug-likeness (QED) is 0.814.